The number of benzene rings is 1. The number of aromatic nitrogens is 2. The van der Waals surface area contributed by atoms with Crippen molar-refractivity contribution in [2.45, 2.75) is 26.2 Å². The molecule has 0 bridgehead atoms. The maximum absolute atomic E-state index is 13.3. The van der Waals surface area contributed by atoms with Gasteiger partial charge >= 0.3 is 0 Å². The minimum Gasteiger partial charge on any atom is -0.339 e. The molecule has 8 heteroatoms. The van der Waals surface area contributed by atoms with E-state index < -0.39 is 0 Å². The molecule has 160 valence electrons. The highest BCUT2D eigenvalue weighted by molar-refractivity contribution is 6.00. The molecule has 1 aromatic carbocycles. The van der Waals surface area contributed by atoms with Crippen LogP contribution < -0.4 is 4.90 Å². The van der Waals surface area contributed by atoms with Gasteiger partial charge in [-0.3, -0.25) is 9.59 Å². The molecule has 2 amide bonds. The molecule has 8 nitrogen and oxygen atoms in total. The fourth-order valence-electron chi connectivity index (χ4n) is 4.09. The second kappa shape index (κ2) is 9.13. The molecule has 0 N–H and O–H groups in total. The Labute approximate surface area is 182 Å². The summed E-state index contributed by atoms with van der Waals surface area (Å²) in [5.41, 5.74) is 2.41. The van der Waals surface area contributed by atoms with Gasteiger partial charge in [-0.2, -0.15) is 5.26 Å². The Bertz CT molecular complexity index is 1000. The van der Waals surface area contributed by atoms with Crippen LogP contribution in [0.1, 0.15) is 42.1 Å². The van der Waals surface area contributed by atoms with Gasteiger partial charge in [0.2, 0.25) is 11.9 Å². The van der Waals surface area contributed by atoms with Gasteiger partial charge in [-0.05, 0) is 31.4 Å². The molecule has 0 spiro atoms. The van der Waals surface area contributed by atoms with Gasteiger partial charge in [0.1, 0.15) is 0 Å². The predicted octanol–water partition coefficient (Wildman–Crippen LogP) is 2.31. The zero-order chi connectivity index (χ0) is 21.8. The first kappa shape index (κ1) is 20.8. The molecule has 0 saturated carbocycles. The van der Waals surface area contributed by atoms with Crippen LogP contribution in [0.3, 0.4) is 0 Å². The third-order valence-corrected chi connectivity index (χ3v) is 5.95. The summed E-state index contributed by atoms with van der Waals surface area (Å²) in [6.45, 7) is 5.62. The van der Waals surface area contributed by atoms with E-state index in [0.29, 0.717) is 48.9 Å². The average Bonchev–Trinajstić information content (AvgIpc) is 2.84. The highest BCUT2D eigenvalue weighted by Crippen LogP contribution is 2.26. The van der Waals surface area contributed by atoms with Crippen molar-refractivity contribution in [1.82, 2.24) is 19.8 Å². The second-order valence-electron chi connectivity index (χ2n) is 7.97. The minimum absolute atomic E-state index is 0.0491. The van der Waals surface area contributed by atoms with Crippen LogP contribution in [0.25, 0.3) is 11.3 Å². The molecule has 31 heavy (non-hydrogen) atoms. The van der Waals surface area contributed by atoms with Crippen LogP contribution in [-0.4, -0.2) is 70.9 Å². The summed E-state index contributed by atoms with van der Waals surface area (Å²) in [6.07, 6.45) is 4.80. The molecule has 3 heterocycles. The molecule has 2 aliphatic rings. The molecule has 1 aromatic heterocycles. The Morgan fingerprint density at radius 1 is 0.935 bits per heavy atom. The van der Waals surface area contributed by atoms with Crippen molar-refractivity contribution in [3.63, 3.8) is 0 Å². The number of likely N-dealkylation sites (tertiary alicyclic amines) is 1. The second-order valence-corrected chi connectivity index (χ2v) is 7.97. The zero-order valence-corrected chi connectivity index (χ0v) is 17.8. The van der Waals surface area contributed by atoms with E-state index in [1.807, 2.05) is 26.8 Å². The Balaban J connectivity index is 1.67. The Morgan fingerprint density at radius 3 is 2.23 bits per heavy atom. The molecule has 2 aromatic rings. The van der Waals surface area contributed by atoms with Crippen molar-refractivity contribution in [1.29, 1.82) is 5.26 Å². The first-order valence-corrected chi connectivity index (χ1v) is 10.7. The van der Waals surface area contributed by atoms with E-state index in [-0.39, 0.29) is 11.8 Å². The third-order valence-electron chi connectivity index (χ3n) is 5.95. The number of hydrogen-bond acceptors (Lipinski definition) is 6. The van der Waals surface area contributed by atoms with Crippen molar-refractivity contribution in [3.05, 3.63) is 41.6 Å². The first-order chi connectivity index (χ1) is 15.1. The van der Waals surface area contributed by atoms with Crippen LogP contribution in [-0.2, 0) is 4.79 Å². The molecule has 0 atom stereocenters. The summed E-state index contributed by atoms with van der Waals surface area (Å²) >= 11 is 0. The molecule has 0 unspecified atom stereocenters. The van der Waals surface area contributed by atoms with Gasteiger partial charge in [0.05, 0.1) is 22.9 Å². The minimum atomic E-state index is -0.0491. The first-order valence-electron chi connectivity index (χ1n) is 10.7. The molecule has 0 aliphatic carbocycles. The highest BCUT2D eigenvalue weighted by Gasteiger charge is 2.26. The van der Waals surface area contributed by atoms with Gasteiger partial charge in [-0.25, -0.2) is 9.97 Å². The van der Waals surface area contributed by atoms with E-state index in [4.69, 9.17) is 10.2 Å². The molecule has 2 saturated heterocycles. The van der Waals surface area contributed by atoms with Gasteiger partial charge < -0.3 is 14.7 Å². The largest absolute Gasteiger partial charge is 0.339 e. The lowest BCUT2D eigenvalue weighted by Crippen LogP contribution is -2.48. The maximum atomic E-state index is 13.3. The van der Waals surface area contributed by atoms with Crippen molar-refractivity contribution in [2.75, 3.05) is 44.2 Å². The van der Waals surface area contributed by atoms with Gasteiger partial charge in [0.25, 0.3) is 5.91 Å². The van der Waals surface area contributed by atoms with Crippen molar-refractivity contribution in [3.8, 4) is 17.3 Å². The lowest BCUT2D eigenvalue weighted by molar-refractivity contribution is -0.129. The van der Waals surface area contributed by atoms with Crippen LogP contribution in [0.5, 0.6) is 0 Å². The van der Waals surface area contributed by atoms with E-state index in [1.165, 1.54) is 0 Å². The summed E-state index contributed by atoms with van der Waals surface area (Å²) in [5.74, 6) is 0.575. The van der Waals surface area contributed by atoms with Gasteiger partial charge in [0, 0.05) is 58.0 Å². The quantitative estimate of drug-likeness (QED) is 0.759. The van der Waals surface area contributed by atoms with E-state index in [1.54, 1.807) is 25.3 Å². The number of carbonyl (C=O) groups excluding carboxylic acids is 2. The van der Waals surface area contributed by atoms with E-state index in [2.05, 4.69) is 11.1 Å². The fraction of sp³-hybridized carbons (Fsp3) is 0.435. The number of hydrogen-bond donors (Lipinski definition) is 0. The lowest BCUT2D eigenvalue weighted by atomic mass is 10.0. The standard InChI is InChI=1S/C23H26N6O2/c1-17(30)27-11-13-29(14-12-27)23-25-16-20(22(31)28-9-3-2-4-10-28)21(26-23)19-7-5-18(15-24)6-8-19/h5-8,16H,2-4,9-14H2,1H3. The number of piperazine rings is 1. The van der Waals surface area contributed by atoms with Crippen LogP contribution in [0, 0.1) is 11.3 Å². The number of rotatable bonds is 3. The number of anilines is 1. The monoisotopic (exact) mass is 418 g/mol. The molecule has 2 fully saturated rings. The third kappa shape index (κ3) is 4.50. The Hall–Kier alpha value is -3.47. The molecule has 0 radical (unpaired) electrons. The van der Waals surface area contributed by atoms with E-state index in [9.17, 15) is 9.59 Å². The zero-order valence-electron chi connectivity index (χ0n) is 17.8. The number of amides is 2. The van der Waals surface area contributed by atoms with Crippen molar-refractivity contribution < 1.29 is 9.59 Å². The SMILES string of the molecule is CC(=O)N1CCN(c2ncc(C(=O)N3CCCCC3)c(-c3ccc(C#N)cc3)n2)CC1. The van der Waals surface area contributed by atoms with Crippen molar-refractivity contribution >= 4 is 17.8 Å². The summed E-state index contributed by atoms with van der Waals surface area (Å²) in [7, 11) is 0. The summed E-state index contributed by atoms with van der Waals surface area (Å²) in [4.78, 5) is 39.9. The lowest BCUT2D eigenvalue weighted by Gasteiger charge is -2.34. The number of nitriles is 1. The number of piperidine rings is 1. The van der Waals surface area contributed by atoms with Crippen LogP contribution in [0.4, 0.5) is 5.95 Å². The highest BCUT2D eigenvalue weighted by atomic mass is 16.2. The van der Waals surface area contributed by atoms with Gasteiger partial charge in [-0.1, -0.05) is 12.1 Å². The molecular formula is C23H26N6O2. The summed E-state index contributed by atoms with van der Waals surface area (Å²) in [5, 5.41) is 9.12. The maximum Gasteiger partial charge on any atom is 0.257 e. The van der Waals surface area contributed by atoms with Crippen LogP contribution >= 0.6 is 0 Å². The Kier molecular flexibility index (Phi) is 6.12. The van der Waals surface area contributed by atoms with Gasteiger partial charge in [0.15, 0.2) is 0 Å². The van der Waals surface area contributed by atoms with Crippen molar-refractivity contribution in [2.24, 2.45) is 0 Å². The van der Waals surface area contributed by atoms with Gasteiger partial charge in [-0.15, -0.1) is 0 Å². The van der Waals surface area contributed by atoms with E-state index in [0.717, 1.165) is 37.9 Å². The number of nitrogens with zero attached hydrogens (tertiary/aromatic N) is 6. The van der Waals surface area contributed by atoms with Crippen LogP contribution in [0.2, 0.25) is 0 Å². The fourth-order valence-corrected chi connectivity index (χ4v) is 4.09. The topological polar surface area (TPSA) is 93.4 Å². The number of carbonyl (C=O) groups is 2. The predicted molar refractivity (Wildman–Crippen MR) is 116 cm³/mol. The normalized spacial score (nSPS) is 16.7. The molecule has 2 aliphatic heterocycles. The van der Waals surface area contributed by atoms with Crippen LogP contribution in [0.15, 0.2) is 30.5 Å². The summed E-state index contributed by atoms with van der Waals surface area (Å²) in [6, 6.07) is 9.24. The smallest absolute Gasteiger partial charge is 0.257 e. The van der Waals surface area contributed by atoms with E-state index >= 15 is 0 Å². The molecular weight excluding hydrogens is 392 g/mol. The average molecular weight is 419 g/mol. The summed E-state index contributed by atoms with van der Waals surface area (Å²) < 4.78 is 0. The molecule has 4 rings (SSSR count). The Morgan fingerprint density at radius 2 is 1.61 bits per heavy atom.